The Hall–Kier alpha value is -2.71. The Morgan fingerprint density at radius 3 is 2.48 bits per heavy atom. The van der Waals surface area contributed by atoms with Gasteiger partial charge in [0.05, 0.1) is 31.2 Å². The van der Waals surface area contributed by atoms with E-state index in [1.54, 1.807) is 36.4 Å². The molecule has 0 aliphatic carbocycles. The highest BCUT2D eigenvalue weighted by Gasteiger charge is 2.25. The van der Waals surface area contributed by atoms with Gasteiger partial charge in [-0.25, -0.2) is 9.79 Å². The number of thioether (sulfide) groups is 1. The summed E-state index contributed by atoms with van der Waals surface area (Å²) in [5.74, 6) is -1.36. The van der Waals surface area contributed by atoms with Crippen LogP contribution in [0.15, 0.2) is 52.4 Å². The molecule has 10 heteroatoms. The molecule has 1 aliphatic rings. The molecule has 0 atom stereocenters. The van der Waals surface area contributed by atoms with E-state index in [-0.39, 0.29) is 16.5 Å². The number of hydrogen-bond donors (Lipinski definition) is 2. The van der Waals surface area contributed by atoms with Crippen LogP contribution in [-0.4, -0.2) is 26.7 Å². The Kier molecular flexibility index (Phi) is 6.59. The monoisotopic (exact) mass is 519 g/mol. The topological polar surface area (TPSA) is 83.7 Å². The third-order valence-corrected chi connectivity index (χ3v) is 6.96. The number of aromatic nitrogens is 1. The van der Waals surface area contributed by atoms with Crippen LogP contribution < -0.4 is 5.32 Å². The molecule has 1 amide bonds. The van der Waals surface area contributed by atoms with Crippen LogP contribution in [0.25, 0.3) is 11.8 Å². The van der Waals surface area contributed by atoms with E-state index in [1.807, 2.05) is 24.5 Å². The Morgan fingerprint density at radius 1 is 1.06 bits per heavy atom. The van der Waals surface area contributed by atoms with Crippen molar-refractivity contribution >= 4 is 75.4 Å². The number of nitrogens with one attached hydrogen (secondary N) is 1. The molecule has 1 aromatic heterocycles. The maximum atomic E-state index is 12.5. The van der Waals surface area contributed by atoms with Gasteiger partial charge in [0.15, 0.2) is 5.17 Å². The van der Waals surface area contributed by atoms with Crippen molar-refractivity contribution in [2.24, 2.45) is 4.99 Å². The number of nitrogens with zero attached hydrogens (tertiary/aromatic N) is 2. The highest BCUT2D eigenvalue weighted by Crippen LogP contribution is 2.32. The molecule has 0 radical (unpaired) electrons. The third-order valence-electron chi connectivity index (χ3n) is 4.98. The summed E-state index contributed by atoms with van der Waals surface area (Å²) in [6.07, 6.45) is 1.78. The number of hydrogen-bond acceptors (Lipinski definition) is 4. The summed E-state index contributed by atoms with van der Waals surface area (Å²) < 4.78 is 1.91. The van der Waals surface area contributed by atoms with Crippen LogP contribution in [0, 0.1) is 13.8 Å². The number of halogens is 3. The molecule has 0 saturated carbocycles. The number of benzene rings is 2. The van der Waals surface area contributed by atoms with Gasteiger partial charge in [0.1, 0.15) is 0 Å². The lowest BCUT2D eigenvalue weighted by Crippen LogP contribution is -2.19. The van der Waals surface area contributed by atoms with E-state index < -0.39 is 5.97 Å². The summed E-state index contributed by atoms with van der Waals surface area (Å²) >= 11 is 19.2. The van der Waals surface area contributed by atoms with Gasteiger partial charge in [-0.2, -0.15) is 0 Å². The van der Waals surface area contributed by atoms with Crippen molar-refractivity contribution in [1.29, 1.82) is 0 Å². The minimum absolute atomic E-state index is 0.0236. The van der Waals surface area contributed by atoms with E-state index in [4.69, 9.17) is 34.8 Å². The second-order valence-corrected chi connectivity index (χ2v) is 9.46. The minimum Gasteiger partial charge on any atom is -0.478 e. The van der Waals surface area contributed by atoms with Gasteiger partial charge in [0.25, 0.3) is 5.91 Å². The molecule has 168 valence electrons. The number of carboxylic acids is 1. The second kappa shape index (κ2) is 9.27. The SMILES string of the molecule is Cc1cc(/C=C2\SC(=Nc3ccc(Cl)c(Cl)c3)NC2=O)c(C)n1-c1ccc(Cl)c(C(=O)O)c1. The largest absolute Gasteiger partial charge is 0.478 e. The Morgan fingerprint density at radius 2 is 1.79 bits per heavy atom. The fourth-order valence-corrected chi connectivity index (χ4v) is 4.76. The lowest BCUT2D eigenvalue weighted by atomic mass is 10.2. The molecule has 0 unspecified atom stereocenters. The van der Waals surface area contributed by atoms with Gasteiger partial charge >= 0.3 is 5.97 Å². The number of carboxylic acid groups (broad SMARTS) is 1. The van der Waals surface area contributed by atoms with Crippen molar-refractivity contribution < 1.29 is 14.7 Å². The molecule has 33 heavy (non-hydrogen) atoms. The summed E-state index contributed by atoms with van der Waals surface area (Å²) in [4.78, 5) is 28.9. The number of amides is 1. The van der Waals surface area contributed by atoms with Crippen LogP contribution in [0.2, 0.25) is 15.1 Å². The van der Waals surface area contributed by atoms with Gasteiger partial charge in [0.2, 0.25) is 0 Å². The maximum absolute atomic E-state index is 12.5. The first-order valence-electron chi connectivity index (χ1n) is 9.61. The van der Waals surface area contributed by atoms with Crippen LogP contribution in [0.5, 0.6) is 0 Å². The van der Waals surface area contributed by atoms with Crippen molar-refractivity contribution in [2.45, 2.75) is 13.8 Å². The van der Waals surface area contributed by atoms with Crippen LogP contribution in [0.4, 0.5) is 5.69 Å². The fourth-order valence-electron chi connectivity index (χ4n) is 3.44. The summed E-state index contributed by atoms with van der Waals surface area (Å²) in [6, 6.07) is 11.7. The van der Waals surface area contributed by atoms with Gasteiger partial charge < -0.3 is 15.0 Å². The molecular weight excluding hydrogens is 505 g/mol. The standard InChI is InChI=1S/C23H16Cl3N3O3S/c1-11-7-13(12(2)29(11)15-4-6-17(24)16(10-15)22(31)32)8-20-21(30)28-23(33-20)27-14-3-5-18(25)19(26)9-14/h3-10H,1-2H3,(H,31,32)(H,27,28,30)/b20-8-. The third kappa shape index (κ3) is 4.82. The first-order chi connectivity index (χ1) is 15.6. The van der Waals surface area contributed by atoms with E-state index in [2.05, 4.69) is 10.3 Å². The predicted octanol–water partition coefficient (Wildman–Crippen LogP) is 6.64. The zero-order valence-electron chi connectivity index (χ0n) is 17.3. The number of aliphatic imine (C=N–C) groups is 1. The molecule has 0 bridgehead atoms. The van der Waals surface area contributed by atoms with E-state index in [0.717, 1.165) is 17.0 Å². The summed E-state index contributed by atoms with van der Waals surface area (Å²) in [5, 5.41) is 13.5. The Labute approximate surface area is 208 Å². The smallest absolute Gasteiger partial charge is 0.337 e. The minimum atomic E-state index is -1.10. The zero-order valence-corrected chi connectivity index (χ0v) is 20.4. The number of rotatable bonds is 4. The molecule has 1 fully saturated rings. The van der Waals surface area contributed by atoms with Gasteiger partial charge in [-0.3, -0.25) is 4.79 Å². The number of carbonyl (C=O) groups excluding carboxylic acids is 1. The number of aryl methyl sites for hydroxylation is 1. The van der Waals surface area contributed by atoms with Crippen LogP contribution in [0.3, 0.4) is 0 Å². The lowest BCUT2D eigenvalue weighted by Gasteiger charge is -2.11. The van der Waals surface area contributed by atoms with Gasteiger partial charge in [-0.1, -0.05) is 34.8 Å². The van der Waals surface area contributed by atoms with Crippen LogP contribution in [0.1, 0.15) is 27.3 Å². The van der Waals surface area contributed by atoms with E-state index in [9.17, 15) is 14.7 Å². The highest BCUT2D eigenvalue weighted by molar-refractivity contribution is 8.18. The molecule has 2 N–H and O–H groups in total. The molecule has 2 heterocycles. The summed E-state index contributed by atoms with van der Waals surface area (Å²) in [7, 11) is 0. The van der Waals surface area contributed by atoms with Crippen molar-refractivity contribution in [3.05, 3.63) is 85.0 Å². The zero-order chi connectivity index (χ0) is 23.9. The highest BCUT2D eigenvalue weighted by atomic mass is 35.5. The van der Waals surface area contributed by atoms with Crippen molar-refractivity contribution in [1.82, 2.24) is 9.88 Å². The molecule has 3 aromatic rings. The van der Waals surface area contributed by atoms with E-state index in [1.165, 1.54) is 17.8 Å². The summed E-state index contributed by atoms with van der Waals surface area (Å²) in [6.45, 7) is 3.81. The maximum Gasteiger partial charge on any atom is 0.337 e. The second-order valence-electron chi connectivity index (χ2n) is 7.21. The molecule has 2 aromatic carbocycles. The average Bonchev–Trinajstić information content (AvgIpc) is 3.23. The average molecular weight is 521 g/mol. The Balaban J connectivity index is 1.66. The van der Waals surface area contributed by atoms with E-state index in [0.29, 0.717) is 31.5 Å². The van der Waals surface area contributed by atoms with Gasteiger partial charge in [-0.15, -0.1) is 0 Å². The molecule has 6 nitrogen and oxygen atoms in total. The molecule has 4 rings (SSSR count). The first kappa shape index (κ1) is 23.4. The van der Waals surface area contributed by atoms with Crippen molar-refractivity contribution in [3.8, 4) is 5.69 Å². The number of carbonyl (C=O) groups is 2. The normalized spacial score (nSPS) is 16.0. The van der Waals surface area contributed by atoms with Gasteiger partial charge in [0, 0.05) is 17.1 Å². The number of aromatic carboxylic acids is 1. The predicted molar refractivity (Wildman–Crippen MR) is 134 cm³/mol. The van der Waals surface area contributed by atoms with Crippen molar-refractivity contribution in [2.75, 3.05) is 0 Å². The van der Waals surface area contributed by atoms with E-state index >= 15 is 0 Å². The molecule has 1 saturated heterocycles. The molecule has 0 spiro atoms. The fraction of sp³-hybridized carbons (Fsp3) is 0.0870. The number of amidine groups is 1. The van der Waals surface area contributed by atoms with Crippen molar-refractivity contribution in [3.63, 3.8) is 0 Å². The molecular formula is C23H16Cl3N3O3S. The molecule has 1 aliphatic heterocycles. The van der Waals surface area contributed by atoms with Crippen LogP contribution in [-0.2, 0) is 4.79 Å². The van der Waals surface area contributed by atoms with Crippen LogP contribution >= 0.6 is 46.6 Å². The lowest BCUT2D eigenvalue weighted by molar-refractivity contribution is -0.115. The summed E-state index contributed by atoms with van der Waals surface area (Å²) in [5.41, 5.74) is 3.82. The Bertz CT molecular complexity index is 1380. The van der Waals surface area contributed by atoms with Gasteiger partial charge in [-0.05, 0) is 79.7 Å². The quantitative estimate of drug-likeness (QED) is 0.378. The first-order valence-corrected chi connectivity index (χ1v) is 11.6.